The maximum atomic E-state index is 12.5. The second-order valence-corrected chi connectivity index (χ2v) is 7.92. The molecule has 4 rings (SSSR count). The Labute approximate surface area is 155 Å². The van der Waals surface area contributed by atoms with E-state index >= 15 is 0 Å². The first-order valence-corrected chi connectivity index (χ1v) is 9.79. The van der Waals surface area contributed by atoms with Crippen LogP contribution < -0.4 is 5.32 Å². The molecule has 3 aliphatic rings. The van der Waals surface area contributed by atoms with Crippen LogP contribution in [-0.4, -0.2) is 35.4 Å². The van der Waals surface area contributed by atoms with Gasteiger partial charge in [-0.2, -0.15) is 5.26 Å². The number of rotatable bonds is 2. The molecule has 1 atom stereocenters. The van der Waals surface area contributed by atoms with Gasteiger partial charge >= 0.3 is 0 Å². The van der Waals surface area contributed by atoms with E-state index in [9.17, 15) is 10.1 Å². The van der Waals surface area contributed by atoms with Crippen LogP contribution in [0.25, 0.3) is 0 Å². The van der Waals surface area contributed by atoms with Crippen LogP contribution in [0.5, 0.6) is 0 Å². The van der Waals surface area contributed by atoms with Gasteiger partial charge in [0.05, 0.1) is 11.6 Å². The second-order valence-electron chi connectivity index (χ2n) is 7.92. The Morgan fingerprint density at radius 2 is 1.88 bits per heavy atom. The average molecular weight is 350 g/mol. The largest absolute Gasteiger partial charge is 0.343 e. The first-order chi connectivity index (χ1) is 12.7. The molecule has 0 radical (unpaired) electrons. The van der Waals surface area contributed by atoms with E-state index in [0.717, 1.165) is 58.0 Å². The molecule has 2 aliphatic heterocycles. The van der Waals surface area contributed by atoms with Gasteiger partial charge < -0.3 is 4.90 Å². The van der Waals surface area contributed by atoms with Gasteiger partial charge in [0.15, 0.2) is 5.92 Å². The minimum Gasteiger partial charge on any atom is -0.343 e. The third-order valence-electron chi connectivity index (χ3n) is 6.24. The van der Waals surface area contributed by atoms with Gasteiger partial charge in [0.1, 0.15) is 0 Å². The van der Waals surface area contributed by atoms with Gasteiger partial charge in [-0.1, -0.05) is 43.2 Å². The van der Waals surface area contributed by atoms with Crippen LogP contribution in [0, 0.1) is 23.2 Å². The fraction of sp³-hybridized carbons (Fsp3) is 0.571. The van der Waals surface area contributed by atoms with E-state index in [2.05, 4.69) is 46.6 Å². The topological polar surface area (TPSA) is 68.5 Å². The molecule has 5 nitrogen and oxygen atoms in total. The van der Waals surface area contributed by atoms with Crippen molar-refractivity contribution in [2.75, 3.05) is 13.1 Å². The number of nitriles is 1. The maximum absolute atomic E-state index is 12.5. The van der Waals surface area contributed by atoms with E-state index in [4.69, 9.17) is 4.99 Å². The van der Waals surface area contributed by atoms with Crippen molar-refractivity contribution < 1.29 is 4.79 Å². The number of benzene rings is 1. The molecule has 1 aromatic carbocycles. The molecule has 1 amide bonds. The maximum Gasteiger partial charge on any atom is 0.246 e. The van der Waals surface area contributed by atoms with Gasteiger partial charge in [-0.05, 0) is 43.6 Å². The number of hydrogen-bond acceptors (Lipinski definition) is 4. The average Bonchev–Trinajstić information content (AvgIpc) is 3.11. The summed E-state index contributed by atoms with van der Waals surface area (Å²) in [4.78, 5) is 19.7. The number of carbonyl (C=O) groups excluding carboxylic acids is 1. The molecular weight excluding hydrogens is 324 g/mol. The van der Waals surface area contributed by atoms with E-state index < -0.39 is 11.5 Å². The highest BCUT2D eigenvalue weighted by atomic mass is 16.2. The van der Waals surface area contributed by atoms with Crippen LogP contribution in [0.3, 0.4) is 0 Å². The van der Waals surface area contributed by atoms with Gasteiger partial charge in [0.25, 0.3) is 0 Å². The third kappa shape index (κ3) is 3.21. The number of carbonyl (C=O) groups is 1. The summed E-state index contributed by atoms with van der Waals surface area (Å²) < 4.78 is 0. The highest BCUT2D eigenvalue weighted by Crippen LogP contribution is 2.41. The Bertz CT molecular complexity index is 722. The standard InChI is InChI=1S/C21H26N4O/c22-15-18-19(26)23-20(24-21(18)10-4-5-11-21)25-12-8-17(9-13-25)14-16-6-2-1-3-7-16/h1-3,6-7,17-18H,4-5,8-14H2,(H,23,24,26)/t18-/m1/s1. The van der Waals surface area contributed by atoms with Crippen LogP contribution in [0.1, 0.15) is 44.1 Å². The molecule has 2 fully saturated rings. The molecule has 2 heterocycles. The summed E-state index contributed by atoms with van der Waals surface area (Å²) in [6.45, 7) is 1.84. The third-order valence-corrected chi connectivity index (χ3v) is 6.24. The molecule has 0 bridgehead atoms. The Hall–Kier alpha value is -2.35. The van der Waals surface area contributed by atoms with Crippen LogP contribution in [0.4, 0.5) is 0 Å². The number of likely N-dealkylation sites (tertiary alicyclic amines) is 1. The Kier molecular flexibility index (Phi) is 4.67. The highest BCUT2D eigenvalue weighted by molar-refractivity contribution is 6.02. The lowest BCUT2D eigenvalue weighted by Gasteiger charge is -2.40. The molecule has 1 saturated heterocycles. The van der Waals surface area contributed by atoms with Crippen molar-refractivity contribution in [3.05, 3.63) is 35.9 Å². The van der Waals surface area contributed by atoms with Crippen molar-refractivity contribution in [2.24, 2.45) is 16.8 Å². The van der Waals surface area contributed by atoms with E-state index in [1.165, 1.54) is 5.56 Å². The van der Waals surface area contributed by atoms with Crippen LogP contribution in [-0.2, 0) is 11.2 Å². The van der Waals surface area contributed by atoms with E-state index in [-0.39, 0.29) is 5.91 Å². The molecule has 1 N–H and O–H groups in total. The normalized spacial score (nSPS) is 25.7. The molecule has 5 heteroatoms. The fourth-order valence-corrected chi connectivity index (χ4v) is 4.74. The van der Waals surface area contributed by atoms with Crippen molar-refractivity contribution >= 4 is 11.9 Å². The minimum atomic E-state index is -0.635. The van der Waals surface area contributed by atoms with Gasteiger partial charge in [-0.15, -0.1) is 0 Å². The summed E-state index contributed by atoms with van der Waals surface area (Å²) in [5, 5.41) is 12.4. The number of piperidine rings is 1. The number of aliphatic imine (C=N–C) groups is 1. The predicted molar refractivity (Wildman–Crippen MR) is 100 cm³/mol. The van der Waals surface area contributed by atoms with Crippen molar-refractivity contribution in [2.45, 2.75) is 50.5 Å². The number of nitrogens with zero attached hydrogens (tertiary/aromatic N) is 3. The van der Waals surface area contributed by atoms with Gasteiger partial charge in [0.2, 0.25) is 11.9 Å². The lowest BCUT2D eigenvalue weighted by atomic mass is 9.82. The van der Waals surface area contributed by atoms with Crippen molar-refractivity contribution in [3.8, 4) is 6.07 Å². The summed E-state index contributed by atoms with van der Waals surface area (Å²) in [5.74, 6) is 0.595. The van der Waals surface area contributed by atoms with Crippen LogP contribution in [0.15, 0.2) is 35.3 Å². The molecule has 0 unspecified atom stereocenters. The molecule has 1 aromatic rings. The summed E-state index contributed by atoms with van der Waals surface area (Å²) in [7, 11) is 0. The SMILES string of the molecule is N#C[C@@H]1C(=O)NC(N2CCC(Cc3ccccc3)CC2)=NC12CCCC2. The van der Waals surface area contributed by atoms with Gasteiger partial charge in [0, 0.05) is 13.1 Å². The van der Waals surface area contributed by atoms with Crippen LogP contribution in [0.2, 0.25) is 0 Å². The Morgan fingerprint density at radius 1 is 1.19 bits per heavy atom. The summed E-state index contributed by atoms with van der Waals surface area (Å²) in [5.41, 5.74) is 0.920. The van der Waals surface area contributed by atoms with E-state index in [0.29, 0.717) is 11.9 Å². The second kappa shape index (κ2) is 7.11. The minimum absolute atomic E-state index is 0.161. The lowest BCUT2D eigenvalue weighted by Crippen LogP contribution is -2.57. The molecule has 136 valence electrons. The van der Waals surface area contributed by atoms with E-state index in [1.807, 2.05) is 0 Å². The lowest BCUT2D eigenvalue weighted by molar-refractivity contribution is -0.124. The molecule has 1 aliphatic carbocycles. The first kappa shape index (κ1) is 17.1. The molecule has 1 spiro atoms. The summed E-state index contributed by atoms with van der Waals surface area (Å²) in [6, 6.07) is 12.9. The smallest absolute Gasteiger partial charge is 0.246 e. The highest BCUT2D eigenvalue weighted by Gasteiger charge is 2.49. The zero-order valence-corrected chi connectivity index (χ0v) is 15.2. The molecule has 26 heavy (non-hydrogen) atoms. The van der Waals surface area contributed by atoms with E-state index in [1.54, 1.807) is 0 Å². The monoisotopic (exact) mass is 350 g/mol. The zero-order chi connectivity index (χ0) is 18.0. The number of hydrogen-bond donors (Lipinski definition) is 1. The quantitative estimate of drug-likeness (QED) is 0.892. The summed E-state index contributed by atoms with van der Waals surface area (Å²) in [6.07, 6.45) is 7.16. The molecule has 0 aromatic heterocycles. The van der Waals surface area contributed by atoms with Crippen molar-refractivity contribution in [3.63, 3.8) is 0 Å². The number of guanidine groups is 1. The van der Waals surface area contributed by atoms with Gasteiger partial charge in [-0.3, -0.25) is 10.1 Å². The Balaban J connectivity index is 1.43. The number of amides is 1. The number of nitrogens with one attached hydrogen (secondary N) is 1. The summed E-state index contributed by atoms with van der Waals surface area (Å²) >= 11 is 0. The Morgan fingerprint density at radius 3 is 2.54 bits per heavy atom. The van der Waals surface area contributed by atoms with Crippen molar-refractivity contribution in [1.82, 2.24) is 10.2 Å². The zero-order valence-electron chi connectivity index (χ0n) is 15.2. The van der Waals surface area contributed by atoms with Gasteiger partial charge in [-0.25, -0.2) is 4.99 Å². The fourth-order valence-electron chi connectivity index (χ4n) is 4.74. The van der Waals surface area contributed by atoms with Crippen molar-refractivity contribution in [1.29, 1.82) is 5.26 Å². The molecular formula is C21H26N4O. The first-order valence-electron chi connectivity index (χ1n) is 9.79. The molecule has 1 saturated carbocycles. The predicted octanol–water partition coefficient (Wildman–Crippen LogP) is 2.88. The van der Waals surface area contributed by atoms with Crippen LogP contribution >= 0.6 is 0 Å².